The number of hydrogen-bond acceptors (Lipinski definition) is 4. The lowest BCUT2D eigenvalue weighted by Crippen LogP contribution is -2.43. The fourth-order valence-corrected chi connectivity index (χ4v) is 2.23. The number of rotatable bonds is 11. The largest absolute Gasteiger partial charge is 0.356 e. The minimum Gasteiger partial charge on any atom is -0.356 e. The Morgan fingerprint density at radius 2 is 1.58 bits per heavy atom. The maximum Gasteiger partial charge on any atom is 0.222 e. The standard InChI is InChI=1S/C19H36N2O3/c1-7-19(5,6)17(24)14(20)13-16(23)21-12-10-8-9-11-15(22)18(2,3)4/h14H,7-13,20H2,1-6H3,(H,21,23). The number of nitrogens with one attached hydrogen (secondary N) is 1. The van der Waals surface area contributed by atoms with Gasteiger partial charge >= 0.3 is 0 Å². The summed E-state index contributed by atoms with van der Waals surface area (Å²) in [6, 6.07) is -0.746. The summed E-state index contributed by atoms with van der Waals surface area (Å²) in [7, 11) is 0. The van der Waals surface area contributed by atoms with Gasteiger partial charge in [-0.05, 0) is 19.3 Å². The van der Waals surface area contributed by atoms with Crippen molar-refractivity contribution >= 4 is 17.5 Å². The van der Waals surface area contributed by atoms with E-state index in [0.29, 0.717) is 19.4 Å². The highest BCUT2D eigenvalue weighted by molar-refractivity contribution is 5.92. The van der Waals surface area contributed by atoms with Gasteiger partial charge in [-0.1, -0.05) is 48.0 Å². The van der Waals surface area contributed by atoms with E-state index in [9.17, 15) is 14.4 Å². The Labute approximate surface area is 147 Å². The van der Waals surface area contributed by atoms with Crippen LogP contribution in [-0.2, 0) is 14.4 Å². The van der Waals surface area contributed by atoms with Gasteiger partial charge < -0.3 is 11.1 Å². The fourth-order valence-electron chi connectivity index (χ4n) is 2.23. The quantitative estimate of drug-likeness (QED) is 0.566. The zero-order valence-corrected chi connectivity index (χ0v) is 16.3. The lowest BCUT2D eigenvalue weighted by Gasteiger charge is -2.24. The third-order valence-corrected chi connectivity index (χ3v) is 4.53. The van der Waals surface area contributed by atoms with Crippen LogP contribution >= 0.6 is 0 Å². The predicted molar refractivity (Wildman–Crippen MR) is 97.6 cm³/mol. The molecule has 0 aliphatic heterocycles. The Morgan fingerprint density at radius 1 is 1.00 bits per heavy atom. The zero-order chi connectivity index (χ0) is 19.0. The molecule has 0 rings (SSSR count). The van der Waals surface area contributed by atoms with Crippen molar-refractivity contribution in [1.29, 1.82) is 0 Å². The van der Waals surface area contributed by atoms with E-state index in [1.54, 1.807) is 0 Å². The Kier molecular flexibility index (Phi) is 9.41. The first-order valence-electron chi connectivity index (χ1n) is 9.01. The normalized spacial score (nSPS) is 13.5. The summed E-state index contributed by atoms with van der Waals surface area (Å²) in [5.41, 5.74) is 5.10. The molecular weight excluding hydrogens is 304 g/mol. The summed E-state index contributed by atoms with van der Waals surface area (Å²) in [5.74, 6) is 0.0175. The molecule has 0 radical (unpaired) electrons. The van der Waals surface area contributed by atoms with Gasteiger partial charge in [-0.3, -0.25) is 14.4 Å². The highest BCUT2D eigenvalue weighted by atomic mass is 16.2. The third-order valence-electron chi connectivity index (χ3n) is 4.53. The van der Waals surface area contributed by atoms with Crippen LogP contribution in [0.2, 0.25) is 0 Å². The molecule has 0 aromatic rings. The first kappa shape index (κ1) is 22.8. The average Bonchev–Trinajstić information content (AvgIpc) is 2.48. The molecule has 5 heteroatoms. The van der Waals surface area contributed by atoms with Gasteiger partial charge in [-0.25, -0.2) is 0 Å². The second-order valence-electron chi connectivity index (χ2n) is 8.25. The summed E-state index contributed by atoms with van der Waals surface area (Å²) in [4.78, 5) is 35.8. The van der Waals surface area contributed by atoms with Crippen LogP contribution in [0.1, 0.15) is 80.1 Å². The van der Waals surface area contributed by atoms with Crippen molar-refractivity contribution in [2.45, 2.75) is 86.1 Å². The Morgan fingerprint density at radius 3 is 2.08 bits per heavy atom. The van der Waals surface area contributed by atoms with E-state index in [4.69, 9.17) is 5.73 Å². The van der Waals surface area contributed by atoms with E-state index in [0.717, 1.165) is 19.3 Å². The van der Waals surface area contributed by atoms with Crippen molar-refractivity contribution in [3.05, 3.63) is 0 Å². The van der Waals surface area contributed by atoms with Gasteiger partial charge in [0.05, 0.1) is 6.04 Å². The molecule has 140 valence electrons. The number of carbonyl (C=O) groups is 3. The summed E-state index contributed by atoms with van der Waals surface area (Å²) in [6.45, 7) is 12.0. The zero-order valence-electron chi connectivity index (χ0n) is 16.3. The molecule has 3 N–H and O–H groups in total. The van der Waals surface area contributed by atoms with Gasteiger partial charge in [-0.2, -0.15) is 0 Å². The predicted octanol–water partition coefficient (Wildman–Crippen LogP) is 3.00. The second kappa shape index (κ2) is 9.92. The summed E-state index contributed by atoms with van der Waals surface area (Å²) < 4.78 is 0. The average molecular weight is 341 g/mol. The molecule has 0 aliphatic carbocycles. The lowest BCUT2D eigenvalue weighted by molar-refractivity contribution is -0.131. The number of amides is 1. The number of carbonyl (C=O) groups excluding carboxylic acids is 3. The van der Waals surface area contributed by atoms with Gasteiger partial charge in [0.25, 0.3) is 0 Å². The van der Waals surface area contributed by atoms with Crippen LogP contribution in [0.3, 0.4) is 0 Å². The smallest absolute Gasteiger partial charge is 0.222 e. The van der Waals surface area contributed by atoms with Crippen LogP contribution in [-0.4, -0.2) is 30.1 Å². The molecule has 1 atom stereocenters. The van der Waals surface area contributed by atoms with Crippen molar-refractivity contribution in [3.63, 3.8) is 0 Å². The number of unbranched alkanes of at least 4 members (excludes halogenated alkanes) is 2. The third kappa shape index (κ3) is 8.57. The Balaban J connectivity index is 3.92. The molecule has 0 aromatic carbocycles. The first-order valence-corrected chi connectivity index (χ1v) is 9.01. The number of nitrogens with two attached hydrogens (primary N) is 1. The monoisotopic (exact) mass is 340 g/mol. The van der Waals surface area contributed by atoms with Crippen LogP contribution in [0.15, 0.2) is 0 Å². The van der Waals surface area contributed by atoms with Crippen LogP contribution < -0.4 is 11.1 Å². The lowest BCUT2D eigenvalue weighted by atomic mass is 9.81. The van der Waals surface area contributed by atoms with Crippen LogP contribution in [0, 0.1) is 10.8 Å². The van der Waals surface area contributed by atoms with E-state index in [1.165, 1.54) is 0 Å². The van der Waals surface area contributed by atoms with Crippen LogP contribution in [0.5, 0.6) is 0 Å². The van der Waals surface area contributed by atoms with Gasteiger partial charge in [0.15, 0.2) is 5.78 Å². The molecule has 0 fully saturated rings. The summed E-state index contributed by atoms with van der Waals surface area (Å²) >= 11 is 0. The number of hydrogen-bond donors (Lipinski definition) is 2. The topological polar surface area (TPSA) is 89.3 Å². The van der Waals surface area contributed by atoms with Crippen molar-refractivity contribution in [1.82, 2.24) is 5.32 Å². The van der Waals surface area contributed by atoms with Crippen molar-refractivity contribution in [2.75, 3.05) is 6.54 Å². The molecule has 5 nitrogen and oxygen atoms in total. The molecule has 1 amide bonds. The molecule has 24 heavy (non-hydrogen) atoms. The molecule has 0 spiro atoms. The Bertz CT molecular complexity index is 436. The molecule has 0 aromatic heterocycles. The van der Waals surface area contributed by atoms with E-state index >= 15 is 0 Å². The maximum absolute atomic E-state index is 12.2. The van der Waals surface area contributed by atoms with Gasteiger partial charge in [0.1, 0.15) is 5.78 Å². The minimum absolute atomic E-state index is 0.0325. The summed E-state index contributed by atoms with van der Waals surface area (Å²) in [6.07, 6.45) is 3.89. The molecule has 0 saturated carbocycles. The fraction of sp³-hybridized carbons (Fsp3) is 0.842. The van der Waals surface area contributed by atoms with E-state index < -0.39 is 11.5 Å². The highest BCUT2D eigenvalue weighted by Crippen LogP contribution is 2.23. The molecule has 0 bridgehead atoms. The minimum atomic E-state index is -0.746. The second-order valence-corrected chi connectivity index (χ2v) is 8.25. The molecule has 1 unspecified atom stereocenters. The van der Waals surface area contributed by atoms with Gasteiger partial charge in [0.2, 0.25) is 5.91 Å². The molecular formula is C19H36N2O3. The van der Waals surface area contributed by atoms with Crippen LogP contribution in [0.25, 0.3) is 0 Å². The molecule has 0 saturated heterocycles. The maximum atomic E-state index is 12.2. The van der Waals surface area contributed by atoms with Crippen LogP contribution in [0.4, 0.5) is 0 Å². The van der Waals surface area contributed by atoms with Gasteiger partial charge in [-0.15, -0.1) is 0 Å². The Hall–Kier alpha value is -1.23. The summed E-state index contributed by atoms with van der Waals surface area (Å²) in [5, 5.41) is 2.80. The highest BCUT2D eigenvalue weighted by Gasteiger charge is 2.31. The SMILES string of the molecule is CCC(C)(C)C(=O)C(N)CC(=O)NCCCCCC(=O)C(C)(C)C. The van der Waals surface area contributed by atoms with E-state index in [1.807, 2.05) is 41.5 Å². The number of Topliss-reactive ketones (excluding diaryl/α,β-unsaturated/α-hetero) is 2. The first-order chi connectivity index (χ1) is 10.9. The van der Waals surface area contributed by atoms with Crippen molar-refractivity contribution in [3.8, 4) is 0 Å². The number of ketones is 2. The van der Waals surface area contributed by atoms with E-state index in [2.05, 4.69) is 5.32 Å². The molecule has 0 heterocycles. The van der Waals surface area contributed by atoms with Crippen molar-refractivity contribution < 1.29 is 14.4 Å². The van der Waals surface area contributed by atoms with E-state index in [-0.39, 0.29) is 29.3 Å². The molecule has 0 aliphatic rings. The van der Waals surface area contributed by atoms with Gasteiger partial charge in [0, 0.05) is 30.2 Å². The van der Waals surface area contributed by atoms with Crippen molar-refractivity contribution in [2.24, 2.45) is 16.6 Å².